The molecule has 1 aromatic heterocycles. The van der Waals surface area contributed by atoms with Gasteiger partial charge in [-0.1, -0.05) is 30.3 Å². The summed E-state index contributed by atoms with van der Waals surface area (Å²) in [7, 11) is 3.39. The monoisotopic (exact) mass is 1240 g/mol. The Morgan fingerprint density at radius 1 is 0.562 bits per heavy atom. The number of likely N-dealkylation sites (N-methyl/N-ethyl adjacent to an activating group) is 1. The lowest BCUT2D eigenvalue weighted by Crippen LogP contribution is -2.39. The van der Waals surface area contributed by atoms with E-state index < -0.39 is 5.91 Å². The van der Waals surface area contributed by atoms with Gasteiger partial charge in [0, 0.05) is 94.1 Å². The van der Waals surface area contributed by atoms with Gasteiger partial charge in [0.1, 0.15) is 6.61 Å². The Labute approximate surface area is 526 Å². The number of hydrogen-bond acceptors (Lipinski definition) is 19. The summed E-state index contributed by atoms with van der Waals surface area (Å²) in [5.74, 6) is -0.798. The lowest BCUT2D eigenvalue weighted by atomic mass is 9.87. The first-order valence-electron chi connectivity index (χ1n) is 31.5. The van der Waals surface area contributed by atoms with Crippen molar-refractivity contribution in [2.45, 2.75) is 45.6 Å². The SMILES string of the molecule is CCN(CC)c1ccc(NC(=O)c2cccc(C(=O)N(C)CCN3CCCN(C(=O)OCCOCCOCCOCCOCCOCCOCCOCCOCCOCCOCCOC)CC3)c2)c(-c2cc(C(=O)N[C@H]3CCCc4ccccc43)ccn2)c1. The molecule has 492 valence electrons. The van der Waals surface area contributed by atoms with E-state index in [0.717, 1.165) is 56.6 Å². The van der Waals surface area contributed by atoms with E-state index in [1.54, 1.807) is 66.6 Å². The Balaban J connectivity index is 0.777. The number of anilines is 2. The maximum atomic E-state index is 14.1. The maximum Gasteiger partial charge on any atom is 0.409 e. The molecular weight excluding hydrogens is 1150 g/mol. The van der Waals surface area contributed by atoms with Crippen molar-refractivity contribution in [2.75, 3.05) is 222 Å². The minimum absolute atomic E-state index is 0.0814. The van der Waals surface area contributed by atoms with Gasteiger partial charge in [-0.15, -0.1) is 0 Å². The normalized spacial score (nSPS) is 14.2. The number of methoxy groups -OCH3 is 1. The van der Waals surface area contributed by atoms with Crippen LogP contribution in [0.1, 0.15) is 81.4 Å². The highest BCUT2D eigenvalue weighted by Crippen LogP contribution is 2.33. The van der Waals surface area contributed by atoms with E-state index in [0.29, 0.717) is 198 Å². The molecule has 1 fully saturated rings. The van der Waals surface area contributed by atoms with Crippen LogP contribution in [0.3, 0.4) is 0 Å². The van der Waals surface area contributed by atoms with Crippen LogP contribution in [0.5, 0.6) is 0 Å². The highest BCUT2D eigenvalue weighted by molar-refractivity contribution is 6.08. The second-order valence-electron chi connectivity index (χ2n) is 21.1. The van der Waals surface area contributed by atoms with Gasteiger partial charge in [0.05, 0.1) is 156 Å². The number of aryl methyl sites for hydroxylation is 1. The van der Waals surface area contributed by atoms with Crippen molar-refractivity contribution in [3.63, 3.8) is 0 Å². The van der Waals surface area contributed by atoms with Crippen molar-refractivity contribution >= 4 is 35.2 Å². The van der Waals surface area contributed by atoms with Gasteiger partial charge in [0.15, 0.2) is 0 Å². The molecule has 4 amide bonds. The van der Waals surface area contributed by atoms with Crippen LogP contribution in [-0.4, -0.2) is 255 Å². The third-order valence-electron chi connectivity index (χ3n) is 14.9. The smallest absolute Gasteiger partial charge is 0.409 e. The van der Waals surface area contributed by atoms with Crippen LogP contribution in [0.2, 0.25) is 0 Å². The van der Waals surface area contributed by atoms with Crippen LogP contribution in [0.25, 0.3) is 11.3 Å². The summed E-state index contributed by atoms with van der Waals surface area (Å²) < 4.78 is 65.5. The molecule has 2 aliphatic rings. The third kappa shape index (κ3) is 27.0. The standard InChI is InChI=1S/C66H97N7O16/c1-5-72(6-2)57-18-19-61(59(52-57)62-51-55(20-21-67-62)64(75)68-60-17-10-13-53-12-7-8-16-58(53)60)69-63(74)54-14-9-15-56(50-54)65(76)70(3)24-25-71-22-11-23-73(27-26-71)66(77)89-49-48-88-47-46-87-45-44-86-43-42-85-41-40-84-39-38-83-37-36-82-35-34-81-33-32-80-31-30-79-29-28-78-4/h7-9,12,14-16,18-21,50-52,60H,5-6,10-11,13,17,22-49H2,1-4H3,(H,68,75)(H,69,74)/t60-/m0/s1. The predicted molar refractivity (Wildman–Crippen MR) is 338 cm³/mol. The molecule has 0 radical (unpaired) electrons. The molecular formula is C66H97N7O16. The minimum atomic E-state index is -0.391. The Bertz CT molecular complexity index is 2650. The first-order valence-corrected chi connectivity index (χ1v) is 31.5. The third-order valence-corrected chi connectivity index (χ3v) is 14.9. The fraction of sp³-hybridized carbons (Fsp3) is 0.591. The largest absolute Gasteiger partial charge is 0.447 e. The molecule has 1 atom stereocenters. The van der Waals surface area contributed by atoms with E-state index in [2.05, 4.69) is 46.4 Å². The van der Waals surface area contributed by atoms with Gasteiger partial charge in [0.2, 0.25) is 0 Å². The summed E-state index contributed by atoms with van der Waals surface area (Å²) in [6, 6.07) is 24.2. The first-order chi connectivity index (χ1) is 43.7. The van der Waals surface area contributed by atoms with E-state index in [1.807, 2.05) is 30.3 Å². The van der Waals surface area contributed by atoms with Crippen LogP contribution >= 0.6 is 0 Å². The van der Waals surface area contributed by atoms with Crippen LogP contribution in [0, 0.1) is 0 Å². The van der Waals surface area contributed by atoms with E-state index >= 15 is 0 Å². The number of amides is 4. The number of ether oxygens (including phenoxy) is 12. The molecule has 89 heavy (non-hydrogen) atoms. The number of aromatic nitrogens is 1. The molecule has 3 aromatic carbocycles. The maximum absolute atomic E-state index is 14.1. The summed E-state index contributed by atoms with van der Waals surface area (Å²) in [6.07, 6.45) is 4.86. The zero-order chi connectivity index (χ0) is 62.9. The summed E-state index contributed by atoms with van der Waals surface area (Å²) in [4.78, 5) is 67.1. The average molecular weight is 1240 g/mol. The van der Waals surface area contributed by atoms with Crippen molar-refractivity contribution in [2.24, 2.45) is 0 Å². The highest BCUT2D eigenvalue weighted by Gasteiger charge is 2.25. The predicted octanol–water partition coefficient (Wildman–Crippen LogP) is 6.68. The van der Waals surface area contributed by atoms with E-state index in [4.69, 9.17) is 61.8 Å². The number of nitrogens with one attached hydrogen (secondary N) is 2. The Morgan fingerprint density at radius 2 is 1.11 bits per heavy atom. The molecule has 6 rings (SSSR count). The van der Waals surface area contributed by atoms with E-state index in [-0.39, 0.29) is 37.2 Å². The molecule has 0 spiro atoms. The molecule has 2 N–H and O–H groups in total. The van der Waals surface area contributed by atoms with Gasteiger partial charge >= 0.3 is 6.09 Å². The average Bonchev–Trinajstić information content (AvgIpc) is 1.77. The van der Waals surface area contributed by atoms with Crippen molar-refractivity contribution in [1.82, 2.24) is 25.0 Å². The van der Waals surface area contributed by atoms with Gasteiger partial charge in [-0.05, 0) is 106 Å². The molecule has 0 bridgehead atoms. The second-order valence-corrected chi connectivity index (χ2v) is 21.1. The molecule has 23 nitrogen and oxygen atoms in total. The Kier molecular flexibility index (Phi) is 35.1. The van der Waals surface area contributed by atoms with Crippen LogP contribution in [-0.2, 0) is 63.3 Å². The summed E-state index contributed by atoms with van der Waals surface area (Å²) in [5, 5.41) is 6.34. The fourth-order valence-corrected chi connectivity index (χ4v) is 9.98. The number of pyridine rings is 1. The number of nitrogens with zero attached hydrogens (tertiary/aromatic N) is 5. The van der Waals surface area contributed by atoms with Crippen molar-refractivity contribution in [3.05, 3.63) is 113 Å². The summed E-state index contributed by atoms with van der Waals surface area (Å²) in [6.45, 7) is 19.2. The minimum Gasteiger partial charge on any atom is -0.447 e. The Morgan fingerprint density at radius 3 is 1.70 bits per heavy atom. The van der Waals surface area contributed by atoms with Crippen LogP contribution in [0.15, 0.2) is 85.1 Å². The van der Waals surface area contributed by atoms with Gasteiger partial charge < -0.3 is 82.2 Å². The van der Waals surface area contributed by atoms with Crippen molar-refractivity contribution in [3.8, 4) is 11.3 Å². The Hall–Kier alpha value is -6.19. The molecule has 1 aliphatic carbocycles. The second kappa shape index (κ2) is 43.5. The fourth-order valence-electron chi connectivity index (χ4n) is 9.98. The van der Waals surface area contributed by atoms with E-state index in [1.165, 1.54) is 5.56 Å². The highest BCUT2D eigenvalue weighted by atomic mass is 16.6. The molecule has 1 saturated heterocycles. The van der Waals surface area contributed by atoms with Crippen LogP contribution in [0.4, 0.5) is 16.2 Å². The van der Waals surface area contributed by atoms with Crippen molar-refractivity contribution in [1.29, 1.82) is 0 Å². The number of carbonyl (C=O) groups is 4. The lowest BCUT2D eigenvalue weighted by molar-refractivity contribution is -0.0276. The summed E-state index contributed by atoms with van der Waals surface area (Å²) >= 11 is 0. The van der Waals surface area contributed by atoms with Gasteiger partial charge in [0.25, 0.3) is 17.7 Å². The molecule has 0 unspecified atom stereocenters. The molecule has 0 saturated carbocycles. The van der Waals surface area contributed by atoms with E-state index in [9.17, 15) is 19.2 Å². The van der Waals surface area contributed by atoms with Gasteiger partial charge in [-0.3, -0.25) is 24.3 Å². The molecule has 1 aliphatic heterocycles. The number of carbonyl (C=O) groups excluding carboxylic acids is 4. The molecule has 2 heterocycles. The van der Waals surface area contributed by atoms with Gasteiger partial charge in [-0.2, -0.15) is 0 Å². The summed E-state index contributed by atoms with van der Waals surface area (Å²) in [5.41, 5.74) is 6.26. The lowest BCUT2D eigenvalue weighted by Gasteiger charge is -2.26. The number of fused-ring (bicyclic) bond motifs is 1. The first kappa shape index (κ1) is 71.9. The number of rotatable bonds is 45. The number of hydrogen-bond donors (Lipinski definition) is 2. The van der Waals surface area contributed by atoms with Gasteiger partial charge in [-0.25, -0.2) is 4.79 Å². The van der Waals surface area contributed by atoms with Crippen LogP contribution < -0.4 is 15.5 Å². The zero-order valence-electron chi connectivity index (χ0n) is 53.0. The molecule has 23 heteroatoms. The topological polar surface area (TPSA) is 229 Å². The number of benzene rings is 3. The zero-order valence-corrected chi connectivity index (χ0v) is 53.0. The quantitative estimate of drug-likeness (QED) is 0.0440. The van der Waals surface area contributed by atoms with Crippen molar-refractivity contribution < 1.29 is 76.0 Å². The molecule has 4 aromatic rings.